The Hall–Kier alpha value is -2.90. The van der Waals surface area contributed by atoms with E-state index in [4.69, 9.17) is 22.1 Å². The van der Waals surface area contributed by atoms with Crippen LogP contribution in [0.3, 0.4) is 0 Å². The molecular weight excluding hydrogens is 454 g/mol. The molecule has 0 fully saturated rings. The summed E-state index contributed by atoms with van der Waals surface area (Å²) in [7, 11) is 1.65. The summed E-state index contributed by atoms with van der Waals surface area (Å²) in [6, 6.07) is 15.2. The molecule has 2 heterocycles. The van der Waals surface area contributed by atoms with E-state index in [1.807, 2.05) is 42.5 Å². The molecular formula is C21H17BrClN5O. The van der Waals surface area contributed by atoms with Crippen molar-refractivity contribution in [2.24, 2.45) is 0 Å². The second-order valence-electron chi connectivity index (χ2n) is 6.35. The van der Waals surface area contributed by atoms with Crippen molar-refractivity contribution in [3.05, 3.63) is 69.8 Å². The number of ether oxygens (including phenoxy) is 1. The highest BCUT2D eigenvalue weighted by Crippen LogP contribution is 2.29. The van der Waals surface area contributed by atoms with Crippen molar-refractivity contribution in [2.45, 2.75) is 6.54 Å². The number of aromatic nitrogens is 3. The molecule has 8 heteroatoms. The van der Waals surface area contributed by atoms with Crippen molar-refractivity contribution >= 4 is 50.1 Å². The van der Waals surface area contributed by atoms with Gasteiger partial charge in [0.2, 0.25) is 0 Å². The quantitative estimate of drug-likeness (QED) is 0.411. The average Bonchev–Trinajstić information content (AvgIpc) is 2.74. The van der Waals surface area contributed by atoms with Gasteiger partial charge < -0.3 is 15.8 Å². The van der Waals surface area contributed by atoms with Crippen LogP contribution in [0.15, 0.2) is 59.2 Å². The lowest BCUT2D eigenvalue weighted by Gasteiger charge is -2.10. The van der Waals surface area contributed by atoms with Crippen LogP contribution in [0.25, 0.3) is 22.3 Å². The Kier molecular flexibility index (Phi) is 5.51. The summed E-state index contributed by atoms with van der Waals surface area (Å²) >= 11 is 9.48. The molecule has 0 radical (unpaired) electrons. The van der Waals surface area contributed by atoms with E-state index in [0.29, 0.717) is 34.5 Å². The zero-order valence-electron chi connectivity index (χ0n) is 15.5. The second kappa shape index (κ2) is 8.23. The second-order valence-corrected chi connectivity index (χ2v) is 7.61. The van der Waals surface area contributed by atoms with Gasteiger partial charge in [-0.2, -0.15) is 0 Å². The van der Waals surface area contributed by atoms with E-state index in [-0.39, 0.29) is 0 Å². The van der Waals surface area contributed by atoms with Crippen molar-refractivity contribution in [3.8, 4) is 17.1 Å². The molecule has 0 bridgehead atoms. The molecule has 0 aliphatic heterocycles. The van der Waals surface area contributed by atoms with E-state index >= 15 is 0 Å². The highest BCUT2D eigenvalue weighted by Gasteiger charge is 2.10. The Morgan fingerprint density at radius 2 is 1.90 bits per heavy atom. The summed E-state index contributed by atoms with van der Waals surface area (Å²) in [5.41, 5.74) is 8.81. The number of hydrogen-bond acceptors (Lipinski definition) is 6. The number of methoxy groups -OCH3 is 1. The van der Waals surface area contributed by atoms with E-state index in [1.54, 1.807) is 19.4 Å². The van der Waals surface area contributed by atoms with Gasteiger partial charge in [0.05, 0.1) is 23.8 Å². The number of rotatable bonds is 5. The van der Waals surface area contributed by atoms with Gasteiger partial charge in [-0.25, -0.2) is 15.0 Å². The van der Waals surface area contributed by atoms with Crippen molar-refractivity contribution in [1.82, 2.24) is 15.0 Å². The molecule has 0 spiro atoms. The van der Waals surface area contributed by atoms with Crippen molar-refractivity contribution in [3.63, 3.8) is 0 Å². The largest absolute Gasteiger partial charge is 0.497 e. The number of pyridine rings is 1. The Balaban J connectivity index is 1.59. The number of nitrogens with two attached hydrogens (primary N) is 1. The number of nitrogens with zero attached hydrogens (tertiary/aromatic N) is 3. The molecule has 0 unspecified atom stereocenters. The molecule has 146 valence electrons. The maximum absolute atomic E-state index is 6.21. The molecule has 0 aliphatic carbocycles. The van der Waals surface area contributed by atoms with Gasteiger partial charge in [-0.1, -0.05) is 23.7 Å². The number of hydrogen-bond donors (Lipinski definition) is 2. The zero-order valence-corrected chi connectivity index (χ0v) is 17.8. The van der Waals surface area contributed by atoms with Gasteiger partial charge in [0.1, 0.15) is 17.4 Å². The summed E-state index contributed by atoms with van der Waals surface area (Å²) in [6.07, 6.45) is 1.69. The number of nitrogen functional groups attached to an aromatic ring is 1. The Morgan fingerprint density at radius 1 is 1.10 bits per heavy atom. The van der Waals surface area contributed by atoms with Gasteiger partial charge >= 0.3 is 0 Å². The Morgan fingerprint density at radius 3 is 2.62 bits per heavy atom. The van der Waals surface area contributed by atoms with Crippen LogP contribution in [-0.2, 0) is 6.54 Å². The monoisotopic (exact) mass is 469 g/mol. The summed E-state index contributed by atoms with van der Waals surface area (Å²) < 4.78 is 5.95. The van der Waals surface area contributed by atoms with Crippen molar-refractivity contribution in [2.75, 3.05) is 18.2 Å². The number of benzene rings is 2. The van der Waals surface area contributed by atoms with Gasteiger partial charge in [-0.05, 0) is 57.9 Å². The summed E-state index contributed by atoms with van der Waals surface area (Å²) in [4.78, 5) is 13.5. The summed E-state index contributed by atoms with van der Waals surface area (Å²) in [5, 5.41) is 4.66. The fourth-order valence-electron chi connectivity index (χ4n) is 2.85. The fourth-order valence-corrected chi connectivity index (χ4v) is 3.35. The Bertz CT molecular complexity index is 1180. The highest BCUT2D eigenvalue weighted by molar-refractivity contribution is 9.10. The number of halogens is 2. The SMILES string of the molecule is COc1ccc(CNc2cc3c(N)nc(-c4ccc(Cl)c(Br)c4)nc3cn2)cc1. The van der Waals surface area contributed by atoms with Crippen LogP contribution in [-0.4, -0.2) is 22.1 Å². The van der Waals surface area contributed by atoms with E-state index in [2.05, 4.69) is 36.2 Å². The lowest BCUT2D eigenvalue weighted by Crippen LogP contribution is -2.03. The van der Waals surface area contributed by atoms with Crippen LogP contribution in [0, 0.1) is 0 Å². The summed E-state index contributed by atoms with van der Waals surface area (Å²) in [5.74, 6) is 2.44. The van der Waals surface area contributed by atoms with Gasteiger partial charge in [0, 0.05) is 22.0 Å². The first kappa shape index (κ1) is 19.4. The normalized spacial score (nSPS) is 10.9. The lowest BCUT2D eigenvalue weighted by molar-refractivity contribution is 0.414. The number of fused-ring (bicyclic) bond motifs is 1. The Labute approximate surface area is 181 Å². The maximum Gasteiger partial charge on any atom is 0.162 e. The lowest BCUT2D eigenvalue weighted by atomic mass is 10.2. The van der Waals surface area contributed by atoms with Crippen LogP contribution < -0.4 is 15.8 Å². The molecule has 0 atom stereocenters. The minimum Gasteiger partial charge on any atom is -0.497 e. The predicted octanol–water partition coefficient (Wildman–Crippen LogP) is 5.31. The van der Waals surface area contributed by atoms with Crippen molar-refractivity contribution in [1.29, 1.82) is 0 Å². The molecule has 29 heavy (non-hydrogen) atoms. The standard InChI is InChI=1S/C21H17BrClN5O/c1-29-14-5-2-12(3-6-14)10-25-19-9-15-18(11-26-19)27-21(28-20(15)24)13-4-7-17(23)16(22)8-13/h2-9,11H,10H2,1H3,(H,25,26)(H2,24,27,28). The first-order valence-electron chi connectivity index (χ1n) is 8.79. The average molecular weight is 471 g/mol. The fraction of sp³-hybridized carbons (Fsp3) is 0.0952. The van der Waals surface area contributed by atoms with Crippen LogP contribution in [0.5, 0.6) is 5.75 Å². The van der Waals surface area contributed by atoms with E-state index < -0.39 is 0 Å². The molecule has 4 aromatic rings. The maximum atomic E-state index is 6.21. The molecule has 0 amide bonds. The van der Waals surface area contributed by atoms with E-state index in [0.717, 1.165) is 26.7 Å². The van der Waals surface area contributed by atoms with Crippen molar-refractivity contribution < 1.29 is 4.74 Å². The number of nitrogens with one attached hydrogen (secondary N) is 1. The molecule has 0 saturated heterocycles. The van der Waals surface area contributed by atoms with E-state index in [1.165, 1.54) is 0 Å². The molecule has 2 aromatic heterocycles. The van der Waals surface area contributed by atoms with Gasteiger partial charge in [-0.3, -0.25) is 0 Å². The third kappa shape index (κ3) is 4.26. The minimum atomic E-state index is 0.394. The molecule has 6 nitrogen and oxygen atoms in total. The van der Waals surface area contributed by atoms with Crippen LogP contribution in [0.4, 0.5) is 11.6 Å². The van der Waals surface area contributed by atoms with Gasteiger partial charge in [0.15, 0.2) is 5.82 Å². The topological polar surface area (TPSA) is 86.0 Å². The molecule has 4 rings (SSSR count). The minimum absolute atomic E-state index is 0.394. The molecule has 3 N–H and O–H groups in total. The predicted molar refractivity (Wildman–Crippen MR) is 120 cm³/mol. The third-order valence-corrected chi connectivity index (χ3v) is 5.64. The molecule has 2 aromatic carbocycles. The zero-order chi connectivity index (χ0) is 20.4. The summed E-state index contributed by atoms with van der Waals surface area (Å²) in [6.45, 7) is 0.625. The molecule has 0 saturated carbocycles. The highest BCUT2D eigenvalue weighted by atomic mass is 79.9. The van der Waals surface area contributed by atoms with Gasteiger partial charge in [0.25, 0.3) is 0 Å². The molecule has 0 aliphatic rings. The first-order chi connectivity index (χ1) is 14.0. The smallest absolute Gasteiger partial charge is 0.162 e. The third-order valence-electron chi connectivity index (χ3n) is 4.42. The van der Waals surface area contributed by atoms with Crippen LogP contribution in [0.2, 0.25) is 5.02 Å². The first-order valence-corrected chi connectivity index (χ1v) is 9.96. The van der Waals surface area contributed by atoms with Crippen LogP contribution in [0.1, 0.15) is 5.56 Å². The number of anilines is 2. The van der Waals surface area contributed by atoms with Gasteiger partial charge in [-0.15, -0.1) is 0 Å². The van der Waals surface area contributed by atoms with E-state index in [9.17, 15) is 0 Å². The van der Waals surface area contributed by atoms with Crippen LogP contribution >= 0.6 is 27.5 Å².